The molecule has 0 heterocycles. The average Bonchev–Trinajstić information content (AvgIpc) is 0.794. The molecular formula is C81H79BrF3I5NO9-. The summed E-state index contributed by atoms with van der Waals surface area (Å²) in [7, 11) is 0. The molecule has 0 saturated carbocycles. The van der Waals surface area contributed by atoms with Crippen molar-refractivity contribution in [3.05, 3.63) is 317 Å². The third kappa shape index (κ3) is 32.8. The minimum atomic E-state index is -1.24. The first-order chi connectivity index (χ1) is 47.8. The number of halogens is 9. The van der Waals surface area contributed by atoms with Crippen molar-refractivity contribution >= 4 is 148 Å². The quantitative estimate of drug-likeness (QED) is 0.0268. The van der Waals surface area contributed by atoms with E-state index < -0.39 is 40.1 Å². The molecule has 0 bridgehead atoms. The van der Waals surface area contributed by atoms with Crippen LogP contribution >= 0.6 is 90.4 Å². The number of rotatable bonds is 24. The molecule has 9 aromatic carbocycles. The smallest absolute Gasteiger partial charge is 0.180 e. The van der Waals surface area contributed by atoms with E-state index in [1.807, 2.05) is 162 Å². The summed E-state index contributed by atoms with van der Waals surface area (Å²) in [6.07, 6.45) is 0.845. The molecule has 4 unspecified atom stereocenters. The van der Waals surface area contributed by atoms with Gasteiger partial charge in [-0.15, -0.1) is 0 Å². The van der Waals surface area contributed by atoms with Gasteiger partial charge in [-0.3, -0.25) is 43.2 Å². The van der Waals surface area contributed by atoms with E-state index in [4.69, 9.17) is 0 Å². The molecule has 0 spiro atoms. The molecule has 526 valence electrons. The maximum absolute atomic E-state index is 13.5. The summed E-state index contributed by atoms with van der Waals surface area (Å²) in [4.78, 5) is 110. The van der Waals surface area contributed by atoms with Crippen LogP contribution < -0.4 is 18.6 Å². The number of nitrogens with one attached hydrogen (secondary N) is 1. The first-order valence-electron chi connectivity index (χ1n) is 31.6. The maximum Gasteiger partial charge on any atom is 0.180 e. The van der Waals surface area contributed by atoms with E-state index in [2.05, 4.69) is 95.7 Å². The zero-order valence-corrected chi connectivity index (χ0v) is 68.6. The van der Waals surface area contributed by atoms with E-state index in [-0.39, 0.29) is 88.3 Å². The van der Waals surface area contributed by atoms with Crippen LogP contribution in [-0.4, -0.2) is 52.2 Å². The van der Waals surface area contributed by atoms with Crippen LogP contribution in [0.2, 0.25) is 0 Å². The van der Waals surface area contributed by atoms with E-state index >= 15 is 0 Å². The summed E-state index contributed by atoms with van der Waals surface area (Å²) in [5.74, 6) is -5.48. The number of anilines is 1. The fraction of sp³-hybridized carbons (Fsp3) is 0.222. The SMILES string of the molecule is CC(C(=O)c1ccc(F)cc1)c1ccccc1.CC(C)C(=O)C(C(=O)Nc1ccccc1)C(C(=O)c1ccc(F)cc1)c1ccccc1.CC(C)C(=O)CC(=O)Cc1ccccc1.CC(C)C(=O)CC(=O)Cc1ccccc1.II.I[I-]I.O=C(c1ccc(F)cc1)C(Br)c1ccccc1. The van der Waals surface area contributed by atoms with Crippen LogP contribution in [0.5, 0.6) is 0 Å². The number of hydrogen-bond acceptors (Lipinski definition) is 9. The molecule has 0 saturated heterocycles. The number of Topliss-reactive ketones (excluding diaryl/α,β-unsaturated/α-hetero) is 8. The molecule has 0 fully saturated rings. The summed E-state index contributed by atoms with van der Waals surface area (Å²) in [5.41, 5.74) is 6.18. The first kappa shape index (κ1) is 87.9. The Kier molecular flexibility index (Phi) is 43.4. The molecule has 9 rings (SSSR count). The monoisotopic (exact) mass is 1980 g/mol. The van der Waals surface area contributed by atoms with Crippen molar-refractivity contribution in [3.63, 3.8) is 0 Å². The van der Waals surface area contributed by atoms with E-state index in [9.17, 15) is 56.3 Å². The number of para-hydroxylation sites is 1. The molecule has 1 amide bonds. The van der Waals surface area contributed by atoms with Gasteiger partial charge in [0.05, 0.1) is 18.8 Å². The zero-order valence-electron chi connectivity index (χ0n) is 56.2. The van der Waals surface area contributed by atoms with Crippen LogP contribution in [0.1, 0.15) is 137 Å². The second-order valence-corrected chi connectivity index (χ2v) is 40.5. The van der Waals surface area contributed by atoms with Crippen LogP contribution in [-0.2, 0) is 41.6 Å². The Morgan fingerprint density at radius 1 is 0.390 bits per heavy atom. The molecule has 19 heteroatoms. The van der Waals surface area contributed by atoms with Crippen molar-refractivity contribution in [3.8, 4) is 0 Å². The van der Waals surface area contributed by atoms with Gasteiger partial charge in [-0.1, -0.05) is 234 Å². The topological polar surface area (TPSA) is 166 Å². The molecule has 1 N–H and O–H groups in total. The van der Waals surface area contributed by atoms with Crippen molar-refractivity contribution in [1.82, 2.24) is 0 Å². The maximum atomic E-state index is 13.5. The third-order valence-electron chi connectivity index (χ3n) is 14.9. The normalized spacial score (nSPS) is 11.5. The summed E-state index contributed by atoms with van der Waals surface area (Å²) in [5, 5.41) is 2.77. The predicted octanol–water partition coefficient (Wildman–Crippen LogP) is 18.6. The summed E-state index contributed by atoms with van der Waals surface area (Å²) < 4.78 is 38.9. The minimum Gasteiger partial charge on any atom is -0.293 e. The van der Waals surface area contributed by atoms with Gasteiger partial charge in [0.15, 0.2) is 17.3 Å². The number of carbonyl (C=O) groups is 9. The molecule has 100 heavy (non-hydrogen) atoms. The first-order valence-corrected chi connectivity index (χ1v) is 51.4. The van der Waals surface area contributed by atoms with Crippen LogP contribution in [0, 0.1) is 41.1 Å². The van der Waals surface area contributed by atoms with Gasteiger partial charge in [-0.25, -0.2) is 13.2 Å². The van der Waals surface area contributed by atoms with Gasteiger partial charge in [-0.05, 0) is 113 Å². The Labute approximate surface area is 647 Å². The van der Waals surface area contributed by atoms with Crippen molar-refractivity contribution < 1.29 is 69.6 Å². The van der Waals surface area contributed by atoms with E-state index in [1.165, 1.54) is 72.8 Å². The van der Waals surface area contributed by atoms with Gasteiger partial charge in [-0.2, -0.15) is 0 Å². The Morgan fingerprint density at radius 2 is 0.690 bits per heavy atom. The van der Waals surface area contributed by atoms with E-state index in [0.29, 0.717) is 48.5 Å². The van der Waals surface area contributed by atoms with Crippen molar-refractivity contribution in [2.24, 2.45) is 23.7 Å². The molecule has 9 aromatic rings. The summed E-state index contributed by atoms with van der Waals surface area (Å²) >= 11 is 12.9. The number of benzene rings is 9. The molecule has 0 aliphatic heterocycles. The second-order valence-electron chi connectivity index (χ2n) is 23.3. The fourth-order valence-corrected chi connectivity index (χ4v) is 9.92. The molecule has 0 aliphatic carbocycles. The van der Waals surface area contributed by atoms with Crippen LogP contribution in [0.3, 0.4) is 0 Å². The number of carbonyl (C=O) groups excluding carboxylic acids is 9. The van der Waals surface area contributed by atoms with Crippen LogP contribution in [0.4, 0.5) is 18.9 Å². The van der Waals surface area contributed by atoms with E-state index in [1.54, 1.807) is 68.4 Å². The third-order valence-corrected chi connectivity index (χ3v) is 15.8. The van der Waals surface area contributed by atoms with Gasteiger partial charge in [0, 0.05) is 96.1 Å². The number of alkyl halides is 1. The van der Waals surface area contributed by atoms with Gasteiger partial charge in [0.1, 0.15) is 57.1 Å². The van der Waals surface area contributed by atoms with Gasteiger partial charge >= 0.3 is 50.5 Å². The molecule has 0 aromatic heterocycles. The Balaban J connectivity index is 0.000000330. The predicted molar refractivity (Wildman–Crippen MR) is 428 cm³/mol. The largest absolute Gasteiger partial charge is 0.293 e. The standard InChI is InChI=1S/C26H24FNO3.C15H13FO.C14H10BrFO.2C13H16O2.I3.I2/c1-17(2)24(29)23(26(31)28-21-11-7-4-8-12-21)22(18-9-5-3-6-10-18)25(30)19-13-15-20(27)16-14-19;1-11(12-5-3-2-4-6-12)15(17)13-7-9-14(16)10-8-13;15-13(10-4-2-1-3-5-10)14(17)11-6-8-12(16)9-7-11;2*1-10(2)13(15)9-12(14)8-11-6-4-3-5-7-11;1-3-2;1-2/h3-17,22-23H,1-2H3,(H,28,31);2-11H,1H3;1-9,13H;2*3-7,10H,8-9H2,1-2H3;;/q;;;;;-1;. The van der Waals surface area contributed by atoms with Gasteiger partial charge in [0.2, 0.25) is 5.91 Å². The van der Waals surface area contributed by atoms with Crippen molar-refractivity contribution in [2.75, 3.05) is 5.32 Å². The summed E-state index contributed by atoms with van der Waals surface area (Å²) in [6.45, 7) is 12.5. The molecule has 0 radical (unpaired) electrons. The Hall–Kier alpha value is -6.27. The van der Waals surface area contributed by atoms with Crippen molar-refractivity contribution in [2.45, 2.75) is 90.8 Å². The Morgan fingerprint density at radius 3 is 1.03 bits per heavy atom. The zero-order chi connectivity index (χ0) is 74.1. The average molecular weight is 1980 g/mol. The van der Waals surface area contributed by atoms with Crippen LogP contribution in [0.15, 0.2) is 255 Å². The van der Waals surface area contributed by atoms with Gasteiger partial charge < -0.3 is 5.32 Å². The molecule has 4 atom stereocenters. The molecule has 0 aliphatic rings. The van der Waals surface area contributed by atoms with Crippen molar-refractivity contribution in [1.29, 1.82) is 0 Å². The fourth-order valence-electron chi connectivity index (χ4n) is 9.35. The molecule has 10 nitrogen and oxygen atoms in total. The summed E-state index contributed by atoms with van der Waals surface area (Å²) in [6, 6.07) is 71.9. The van der Waals surface area contributed by atoms with Crippen LogP contribution in [0.25, 0.3) is 0 Å². The van der Waals surface area contributed by atoms with E-state index in [0.717, 1.165) is 22.3 Å². The number of ketones is 8. The Bertz CT molecular complexity index is 3770. The van der Waals surface area contributed by atoms with Gasteiger partial charge in [0.25, 0.3) is 0 Å². The second kappa shape index (κ2) is 49.4. The number of hydrogen-bond donors (Lipinski definition) is 1. The molecular weight excluding hydrogens is 1900 g/mol. The minimum absolute atomic E-state index is 0.0000926. The number of amides is 1.